The number of benzene rings is 1. The Hall–Kier alpha value is -2.09. The molecule has 2 N–H and O–H groups in total. The number of likely N-dealkylation sites (tertiary alicyclic amines) is 1. The summed E-state index contributed by atoms with van der Waals surface area (Å²) < 4.78 is 36.8. The molecule has 1 aliphatic heterocycles. The molecule has 0 spiro atoms. The summed E-state index contributed by atoms with van der Waals surface area (Å²) in [5, 5.41) is 3.92. The third-order valence-corrected chi connectivity index (χ3v) is 4.31. The predicted molar refractivity (Wildman–Crippen MR) is 86.1 cm³/mol. The van der Waals surface area contributed by atoms with Crippen LogP contribution in [-0.2, 0) is 0 Å². The van der Waals surface area contributed by atoms with E-state index < -0.39 is 12.6 Å². The maximum Gasteiger partial charge on any atom is 0.390 e. The number of piperidine rings is 1. The van der Waals surface area contributed by atoms with Gasteiger partial charge in [-0.3, -0.25) is 4.79 Å². The lowest BCUT2D eigenvalue weighted by Gasteiger charge is -2.33. The van der Waals surface area contributed by atoms with Gasteiger partial charge < -0.3 is 15.2 Å². The monoisotopic (exact) mass is 340 g/mol. The summed E-state index contributed by atoms with van der Waals surface area (Å²) in [6.45, 7) is 1.37. The van der Waals surface area contributed by atoms with Gasteiger partial charge in [-0.25, -0.2) is 4.98 Å². The van der Waals surface area contributed by atoms with Crippen molar-refractivity contribution >= 4 is 16.6 Å². The number of anilines is 1. The van der Waals surface area contributed by atoms with Crippen LogP contribution in [0, 0.1) is 0 Å². The molecule has 0 aliphatic carbocycles. The standard InChI is InChI=1S/C16H19F3N4O/c17-16(18,19)5-8-23-6-3-11(4-7-23)22-12-1-2-13-14(9-12)20-10-21-15(13)24/h1-2,9-11,22H,3-8H2,(H,20,21,24). The molecule has 2 heterocycles. The highest BCUT2D eigenvalue weighted by Crippen LogP contribution is 2.22. The smallest absolute Gasteiger partial charge is 0.382 e. The summed E-state index contributed by atoms with van der Waals surface area (Å²) in [5.74, 6) is 0. The molecule has 0 atom stereocenters. The van der Waals surface area contributed by atoms with Gasteiger partial charge >= 0.3 is 6.18 Å². The number of aromatic amines is 1. The van der Waals surface area contributed by atoms with Crippen molar-refractivity contribution < 1.29 is 13.2 Å². The summed E-state index contributed by atoms with van der Waals surface area (Å²) in [4.78, 5) is 20.2. The van der Waals surface area contributed by atoms with E-state index in [2.05, 4.69) is 15.3 Å². The third kappa shape index (κ3) is 4.25. The van der Waals surface area contributed by atoms with Gasteiger partial charge in [0.25, 0.3) is 5.56 Å². The molecule has 1 saturated heterocycles. The largest absolute Gasteiger partial charge is 0.390 e. The highest BCUT2D eigenvalue weighted by molar-refractivity contribution is 5.81. The summed E-state index contributed by atoms with van der Waals surface area (Å²) >= 11 is 0. The van der Waals surface area contributed by atoms with Crippen LogP contribution in [0.3, 0.4) is 0 Å². The van der Waals surface area contributed by atoms with Gasteiger partial charge in [0.05, 0.1) is 23.7 Å². The molecule has 1 aromatic heterocycles. The predicted octanol–water partition coefficient (Wildman–Crippen LogP) is 2.75. The van der Waals surface area contributed by atoms with Crippen LogP contribution in [0.2, 0.25) is 0 Å². The SMILES string of the molecule is O=c1[nH]cnc2cc(NC3CCN(CCC(F)(F)F)CC3)ccc12. The minimum absolute atomic E-state index is 0.0683. The van der Waals surface area contributed by atoms with Crippen molar-refractivity contribution in [3.8, 4) is 0 Å². The molecule has 8 heteroatoms. The van der Waals surface area contributed by atoms with E-state index in [-0.39, 0.29) is 18.1 Å². The van der Waals surface area contributed by atoms with Crippen LogP contribution in [0.4, 0.5) is 18.9 Å². The van der Waals surface area contributed by atoms with Crippen LogP contribution in [0.25, 0.3) is 10.9 Å². The molecule has 0 amide bonds. The average molecular weight is 340 g/mol. The molecule has 0 bridgehead atoms. The van der Waals surface area contributed by atoms with Crippen LogP contribution in [0.1, 0.15) is 19.3 Å². The zero-order valence-corrected chi connectivity index (χ0v) is 13.1. The first-order chi connectivity index (χ1) is 11.4. The van der Waals surface area contributed by atoms with Crippen LogP contribution in [0.15, 0.2) is 29.3 Å². The van der Waals surface area contributed by atoms with Crippen LogP contribution < -0.4 is 10.9 Å². The number of halogens is 3. The van der Waals surface area contributed by atoms with E-state index >= 15 is 0 Å². The van der Waals surface area contributed by atoms with Crippen molar-refractivity contribution in [1.29, 1.82) is 0 Å². The van der Waals surface area contributed by atoms with Gasteiger partial charge in [-0.05, 0) is 31.0 Å². The second-order valence-corrected chi connectivity index (χ2v) is 6.09. The Bertz CT molecular complexity index is 751. The van der Waals surface area contributed by atoms with Crippen molar-refractivity contribution in [2.24, 2.45) is 0 Å². The zero-order valence-electron chi connectivity index (χ0n) is 13.1. The molecule has 5 nitrogen and oxygen atoms in total. The number of aromatic nitrogens is 2. The van der Waals surface area contributed by atoms with Gasteiger partial charge in [0.2, 0.25) is 0 Å². The Morgan fingerprint density at radius 3 is 2.75 bits per heavy atom. The van der Waals surface area contributed by atoms with E-state index in [0.717, 1.165) is 18.5 Å². The first-order valence-corrected chi connectivity index (χ1v) is 7.94. The van der Waals surface area contributed by atoms with Gasteiger partial charge in [-0.1, -0.05) is 0 Å². The molecule has 1 fully saturated rings. The first kappa shape index (κ1) is 16.8. The molecular formula is C16H19F3N4O. The molecule has 24 heavy (non-hydrogen) atoms. The van der Waals surface area contributed by atoms with Crippen LogP contribution in [0.5, 0.6) is 0 Å². The fraction of sp³-hybridized carbons (Fsp3) is 0.500. The van der Waals surface area contributed by atoms with Gasteiger partial charge in [0, 0.05) is 31.4 Å². The van der Waals surface area contributed by atoms with Gasteiger partial charge in [-0.2, -0.15) is 13.2 Å². The number of hydrogen-bond acceptors (Lipinski definition) is 4. The van der Waals surface area contributed by atoms with Gasteiger partial charge in [-0.15, -0.1) is 0 Å². The van der Waals surface area contributed by atoms with E-state index in [1.807, 2.05) is 17.0 Å². The number of alkyl halides is 3. The van der Waals surface area contributed by atoms with Crippen molar-refractivity contribution in [3.05, 3.63) is 34.9 Å². The average Bonchev–Trinajstić information content (AvgIpc) is 2.54. The van der Waals surface area contributed by atoms with Crippen molar-refractivity contribution in [2.75, 3.05) is 25.0 Å². The number of fused-ring (bicyclic) bond motifs is 1. The van der Waals surface area contributed by atoms with Crippen molar-refractivity contribution in [2.45, 2.75) is 31.5 Å². The fourth-order valence-electron chi connectivity index (χ4n) is 2.98. The zero-order chi connectivity index (χ0) is 17.2. The summed E-state index contributed by atoms with van der Waals surface area (Å²) in [5.41, 5.74) is 1.31. The van der Waals surface area contributed by atoms with E-state index in [1.165, 1.54) is 6.33 Å². The second-order valence-electron chi connectivity index (χ2n) is 6.09. The Kier molecular flexibility index (Phi) is 4.75. The molecule has 1 aromatic carbocycles. The molecule has 0 unspecified atom stereocenters. The first-order valence-electron chi connectivity index (χ1n) is 7.94. The minimum atomic E-state index is -4.09. The highest BCUT2D eigenvalue weighted by Gasteiger charge is 2.29. The van der Waals surface area contributed by atoms with E-state index in [9.17, 15) is 18.0 Å². The Labute approximate surface area is 136 Å². The summed E-state index contributed by atoms with van der Waals surface area (Å²) in [6, 6.07) is 5.59. The van der Waals surface area contributed by atoms with Crippen LogP contribution in [-0.4, -0.2) is 46.7 Å². The Balaban J connectivity index is 1.55. The molecule has 1 aliphatic rings. The van der Waals surface area contributed by atoms with Gasteiger partial charge in [0.15, 0.2) is 0 Å². The molecule has 2 aromatic rings. The topological polar surface area (TPSA) is 61.0 Å². The molecule has 0 saturated carbocycles. The van der Waals surface area contributed by atoms with Crippen LogP contribution >= 0.6 is 0 Å². The lowest BCUT2D eigenvalue weighted by Crippen LogP contribution is -2.40. The lowest BCUT2D eigenvalue weighted by molar-refractivity contribution is -0.138. The summed E-state index contributed by atoms with van der Waals surface area (Å²) in [7, 11) is 0. The number of rotatable bonds is 4. The molecule has 130 valence electrons. The lowest BCUT2D eigenvalue weighted by atomic mass is 10.0. The fourth-order valence-corrected chi connectivity index (χ4v) is 2.98. The normalized spacial score (nSPS) is 17.3. The molecule has 0 radical (unpaired) electrons. The van der Waals surface area contributed by atoms with E-state index in [1.54, 1.807) is 6.07 Å². The number of nitrogens with zero attached hydrogens (tertiary/aromatic N) is 2. The second kappa shape index (κ2) is 6.80. The highest BCUT2D eigenvalue weighted by atomic mass is 19.4. The van der Waals surface area contributed by atoms with Crippen molar-refractivity contribution in [3.63, 3.8) is 0 Å². The number of nitrogens with one attached hydrogen (secondary N) is 2. The quantitative estimate of drug-likeness (QED) is 0.898. The van der Waals surface area contributed by atoms with Crippen molar-refractivity contribution in [1.82, 2.24) is 14.9 Å². The Morgan fingerprint density at radius 1 is 1.29 bits per heavy atom. The number of H-pyrrole nitrogens is 1. The summed E-state index contributed by atoms with van der Waals surface area (Å²) in [6.07, 6.45) is -1.90. The maximum absolute atomic E-state index is 12.3. The Morgan fingerprint density at radius 2 is 2.04 bits per heavy atom. The molecule has 3 rings (SSSR count). The van der Waals surface area contributed by atoms with E-state index in [4.69, 9.17) is 0 Å². The molecular weight excluding hydrogens is 321 g/mol. The van der Waals surface area contributed by atoms with E-state index in [0.29, 0.717) is 24.0 Å². The van der Waals surface area contributed by atoms with Gasteiger partial charge in [0.1, 0.15) is 0 Å². The maximum atomic E-state index is 12.3. The third-order valence-electron chi connectivity index (χ3n) is 4.31. The minimum Gasteiger partial charge on any atom is -0.382 e. The number of hydrogen-bond donors (Lipinski definition) is 2.